The van der Waals surface area contributed by atoms with Crippen LogP contribution in [0.2, 0.25) is 0 Å². The fourth-order valence-corrected chi connectivity index (χ4v) is 3.91. The zero-order valence-corrected chi connectivity index (χ0v) is 16.4. The molecule has 1 aromatic carbocycles. The molecule has 2 N–H and O–H groups in total. The van der Waals surface area contributed by atoms with Gasteiger partial charge in [-0.15, -0.1) is 0 Å². The fourth-order valence-electron chi connectivity index (χ4n) is 3.91. The van der Waals surface area contributed by atoms with Gasteiger partial charge in [-0.05, 0) is 43.4 Å². The number of aryl methyl sites for hydroxylation is 1. The first-order valence-corrected chi connectivity index (χ1v) is 10.3. The molecule has 150 valence electrons. The average molecular weight is 393 g/mol. The van der Waals surface area contributed by atoms with Crippen molar-refractivity contribution >= 4 is 17.7 Å². The highest BCUT2D eigenvalue weighted by atomic mass is 19.1. The highest BCUT2D eigenvalue weighted by molar-refractivity contribution is 5.51. The van der Waals surface area contributed by atoms with Gasteiger partial charge in [0, 0.05) is 30.6 Å². The van der Waals surface area contributed by atoms with E-state index in [1.165, 1.54) is 25.0 Å². The van der Waals surface area contributed by atoms with E-state index in [1.54, 1.807) is 0 Å². The maximum atomic E-state index is 13.3. The normalized spacial score (nSPS) is 19.0. The largest absolute Gasteiger partial charge is 0.334 e. The van der Waals surface area contributed by atoms with Gasteiger partial charge in [0.2, 0.25) is 11.9 Å². The molecule has 0 bridgehead atoms. The lowest BCUT2D eigenvalue weighted by molar-refractivity contribution is 0.623. The second-order valence-corrected chi connectivity index (χ2v) is 7.74. The maximum Gasteiger partial charge on any atom is 0.233 e. The van der Waals surface area contributed by atoms with E-state index in [4.69, 9.17) is 0 Å². The molecule has 1 saturated heterocycles. The summed E-state index contributed by atoms with van der Waals surface area (Å²) in [4.78, 5) is 16.1. The molecule has 1 aliphatic heterocycles. The molecule has 1 atom stereocenters. The molecule has 3 aromatic rings. The Morgan fingerprint density at radius 2 is 1.97 bits per heavy atom. The summed E-state index contributed by atoms with van der Waals surface area (Å²) in [6.45, 7) is 2.90. The van der Waals surface area contributed by atoms with E-state index in [9.17, 15) is 4.39 Å². The Morgan fingerprint density at radius 1 is 1.14 bits per heavy atom. The molecule has 1 saturated carbocycles. The van der Waals surface area contributed by atoms with Crippen molar-refractivity contribution in [2.75, 3.05) is 16.8 Å². The third-order valence-electron chi connectivity index (χ3n) is 5.61. The van der Waals surface area contributed by atoms with Crippen LogP contribution >= 0.6 is 0 Å². The van der Waals surface area contributed by atoms with Crippen LogP contribution in [0.5, 0.6) is 0 Å². The van der Waals surface area contributed by atoms with Gasteiger partial charge in [0.25, 0.3) is 0 Å². The van der Waals surface area contributed by atoms with Crippen molar-refractivity contribution < 1.29 is 4.39 Å². The van der Waals surface area contributed by atoms with Crippen molar-refractivity contribution in [3.8, 4) is 0 Å². The lowest BCUT2D eigenvalue weighted by Crippen LogP contribution is -2.25. The lowest BCUT2D eigenvalue weighted by Gasteiger charge is -2.25. The number of aromatic nitrogens is 5. The lowest BCUT2D eigenvalue weighted by atomic mass is 10.0. The maximum absolute atomic E-state index is 13.3. The predicted octanol–water partition coefficient (Wildman–Crippen LogP) is 4.26. The van der Waals surface area contributed by atoms with E-state index in [-0.39, 0.29) is 11.9 Å². The minimum atomic E-state index is -0.220. The smallest absolute Gasteiger partial charge is 0.233 e. The molecule has 29 heavy (non-hydrogen) atoms. The Morgan fingerprint density at radius 3 is 2.72 bits per heavy atom. The SMILES string of the molecule is CCc1nc(Nc2cc(C3CC3)[nH]n2)nc(N2CCCC2c2ccc(F)cc2)n1. The van der Waals surface area contributed by atoms with Crippen LogP contribution < -0.4 is 10.2 Å². The van der Waals surface area contributed by atoms with Crippen molar-refractivity contribution in [3.05, 3.63) is 53.2 Å². The molecular formula is C21H24FN7. The zero-order chi connectivity index (χ0) is 19.8. The van der Waals surface area contributed by atoms with E-state index >= 15 is 0 Å². The summed E-state index contributed by atoms with van der Waals surface area (Å²) in [6, 6.07) is 8.90. The topological polar surface area (TPSA) is 82.6 Å². The van der Waals surface area contributed by atoms with Gasteiger partial charge in [-0.25, -0.2) is 4.39 Å². The van der Waals surface area contributed by atoms with Crippen LogP contribution in [0.25, 0.3) is 0 Å². The summed E-state index contributed by atoms with van der Waals surface area (Å²) in [5, 5.41) is 10.7. The van der Waals surface area contributed by atoms with Crippen molar-refractivity contribution in [3.63, 3.8) is 0 Å². The van der Waals surface area contributed by atoms with Gasteiger partial charge in [0.15, 0.2) is 5.82 Å². The van der Waals surface area contributed by atoms with Gasteiger partial charge in [-0.1, -0.05) is 19.1 Å². The van der Waals surface area contributed by atoms with Gasteiger partial charge < -0.3 is 10.2 Å². The van der Waals surface area contributed by atoms with E-state index < -0.39 is 0 Å². The summed E-state index contributed by atoms with van der Waals surface area (Å²) in [6.07, 6.45) is 5.19. The summed E-state index contributed by atoms with van der Waals surface area (Å²) >= 11 is 0. The Kier molecular flexibility index (Phi) is 4.61. The Hall–Kier alpha value is -3.03. The molecule has 3 heterocycles. The highest BCUT2D eigenvalue weighted by Gasteiger charge is 2.29. The number of benzene rings is 1. The Balaban J connectivity index is 1.42. The molecule has 0 amide bonds. The van der Waals surface area contributed by atoms with Crippen LogP contribution in [-0.4, -0.2) is 31.7 Å². The number of rotatable bonds is 6. The second kappa shape index (κ2) is 7.42. The first-order valence-electron chi connectivity index (χ1n) is 10.3. The predicted molar refractivity (Wildman–Crippen MR) is 109 cm³/mol. The molecule has 5 rings (SSSR count). The van der Waals surface area contributed by atoms with Crippen LogP contribution in [0, 0.1) is 5.82 Å². The van der Waals surface area contributed by atoms with Crippen molar-refractivity contribution in [1.82, 2.24) is 25.1 Å². The molecule has 0 radical (unpaired) electrons. The van der Waals surface area contributed by atoms with Crippen LogP contribution in [0.4, 0.5) is 22.1 Å². The molecule has 2 aromatic heterocycles. The second-order valence-electron chi connectivity index (χ2n) is 7.74. The van der Waals surface area contributed by atoms with Crippen molar-refractivity contribution in [1.29, 1.82) is 0 Å². The molecule has 2 fully saturated rings. The van der Waals surface area contributed by atoms with Crippen LogP contribution in [0.1, 0.15) is 61.6 Å². The molecule has 8 heteroatoms. The molecule has 2 aliphatic rings. The number of halogens is 1. The summed E-state index contributed by atoms with van der Waals surface area (Å²) < 4.78 is 13.3. The first kappa shape index (κ1) is 18.0. The first-order chi connectivity index (χ1) is 14.2. The van der Waals surface area contributed by atoms with E-state index in [0.29, 0.717) is 24.2 Å². The molecular weight excluding hydrogens is 369 g/mol. The quantitative estimate of drug-likeness (QED) is 0.651. The number of aromatic amines is 1. The standard InChI is InChI=1S/C21H24FN7/c1-2-18-23-20(24-19-12-16(27-28-19)13-5-6-13)26-21(25-18)29-11-3-4-17(29)14-7-9-15(22)10-8-14/h7-10,12-13,17H,2-6,11H2,1H3,(H2,23,24,25,26,27,28). The van der Waals surface area contributed by atoms with Gasteiger partial charge >= 0.3 is 0 Å². The van der Waals surface area contributed by atoms with Crippen LogP contribution in [0.3, 0.4) is 0 Å². The zero-order valence-electron chi connectivity index (χ0n) is 16.4. The van der Waals surface area contributed by atoms with Gasteiger partial charge in [0.05, 0.1) is 6.04 Å². The van der Waals surface area contributed by atoms with Gasteiger partial charge in [0.1, 0.15) is 11.6 Å². The monoisotopic (exact) mass is 393 g/mol. The highest BCUT2D eigenvalue weighted by Crippen LogP contribution is 2.39. The molecule has 1 unspecified atom stereocenters. The van der Waals surface area contributed by atoms with E-state index in [2.05, 4.69) is 35.4 Å². The number of nitrogens with one attached hydrogen (secondary N) is 2. The van der Waals surface area contributed by atoms with Crippen molar-refractivity contribution in [2.24, 2.45) is 0 Å². The minimum Gasteiger partial charge on any atom is -0.334 e. The summed E-state index contributed by atoms with van der Waals surface area (Å²) in [7, 11) is 0. The Labute approximate surface area is 168 Å². The third-order valence-corrected chi connectivity index (χ3v) is 5.61. The van der Waals surface area contributed by atoms with Crippen molar-refractivity contribution in [2.45, 2.75) is 51.0 Å². The summed E-state index contributed by atoms with van der Waals surface area (Å²) in [5.74, 6) is 3.01. The number of hydrogen-bond acceptors (Lipinski definition) is 6. The summed E-state index contributed by atoms with van der Waals surface area (Å²) in [5.41, 5.74) is 2.24. The van der Waals surface area contributed by atoms with E-state index in [0.717, 1.165) is 42.3 Å². The minimum absolute atomic E-state index is 0.141. The van der Waals surface area contributed by atoms with E-state index in [1.807, 2.05) is 25.1 Å². The molecule has 0 spiro atoms. The fraction of sp³-hybridized carbons (Fsp3) is 0.429. The molecule has 7 nitrogen and oxygen atoms in total. The van der Waals surface area contributed by atoms with Gasteiger partial charge in [-0.3, -0.25) is 5.10 Å². The number of anilines is 3. The number of nitrogens with zero attached hydrogens (tertiary/aromatic N) is 5. The number of hydrogen-bond donors (Lipinski definition) is 2. The van der Waals surface area contributed by atoms with Crippen LogP contribution in [-0.2, 0) is 6.42 Å². The average Bonchev–Trinajstić information content (AvgIpc) is 3.28. The number of H-pyrrole nitrogens is 1. The Bertz CT molecular complexity index is 997. The molecule has 1 aliphatic carbocycles. The third kappa shape index (κ3) is 3.79. The van der Waals surface area contributed by atoms with Crippen LogP contribution in [0.15, 0.2) is 30.3 Å². The van der Waals surface area contributed by atoms with Gasteiger partial charge in [-0.2, -0.15) is 20.1 Å².